The van der Waals surface area contributed by atoms with E-state index >= 15 is 0 Å². The van der Waals surface area contributed by atoms with Gasteiger partial charge in [0.05, 0.1) is 16.8 Å². The molecule has 0 spiro atoms. The number of fused-ring (bicyclic) bond motifs is 6. The van der Waals surface area contributed by atoms with Crippen molar-refractivity contribution in [3.63, 3.8) is 0 Å². The molecule has 9 aromatic carbocycles. The Morgan fingerprint density at radius 1 is 0.306 bits per heavy atom. The second-order valence-electron chi connectivity index (χ2n) is 16.1. The zero-order valence-electron chi connectivity index (χ0n) is 33.7. The zero-order valence-corrected chi connectivity index (χ0v) is 34.6. The number of thiophene rings is 1. The van der Waals surface area contributed by atoms with E-state index < -0.39 is 5.41 Å². The lowest BCUT2D eigenvalue weighted by atomic mass is 9.67. The monoisotopic (exact) mass is 806 g/mol. The third-order valence-electron chi connectivity index (χ3n) is 12.6. The molecule has 0 amide bonds. The zero-order chi connectivity index (χ0) is 41.0. The van der Waals surface area contributed by atoms with Gasteiger partial charge in [0.2, 0.25) is 0 Å². The molecule has 2 heterocycles. The van der Waals surface area contributed by atoms with E-state index in [-0.39, 0.29) is 0 Å². The van der Waals surface area contributed by atoms with E-state index in [2.05, 4.69) is 224 Å². The van der Waals surface area contributed by atoms with Crippen LogP contribution < -0.4 is 0 Å². The van der Waals surface area contributed by atoms with Crippen molar-refractivity contribution >= 4 is 31.5 Å². The topological polar surface area (TPSA) is 25.8 Å². The van der Waals surface area contributed by atoms with E-state index in [1.165, 1.54) is 59.1 Å². The summed E-state index contributed by atoms with van der Waals surface area (Å²) in [5.74, 6) is 0.692. The minimum absolute atomic E-state index is 0.517. The number of hydrogen-bond acceptors (Lipinski definition) is 3. The summed E-state index contributed by atoms with van der Waals surface area (Å²) in [4.78, 5) is 10.7. The first-order valence-electron chi connectivity index (χ1n) is 21.1. The third-order valence-corrected chi connectivity index (χ3v) is 13.7. The largest absolute Gasteiger partial charge is 0.228 e. The van der Waals surface area contributed by atoms with Gasteiger partial charge in [-0.25, -0.2) is 9.97 Å². The molecule has 0 radical (unpaired) electrons. The van der Waals surface area contributed by atoms with Crippen LogP contribution in [0.15, 0.2) is 231 Å². The van der Waals surface area contributed by atoms with Crippen molar-refractivity contribution in [1.82, 2.24) is 9.97 Å². The van der Waals surface area contributed by atoms with Crippen molar-refractivity contribution in [2.45, 2.75) is 5.41 Å². The summed E-state index contributed by atoms with van der Waals surface area (Å²) in [5, 5.41) is 2.58. The van der Waals surface area contributed by atoms with Gasteiger partial charge >= 0.3 is 0 Å². The van der Waals surface area contributed by atoms with Crippen LogP contribution in [0.4, 0.5) is 0 Å². The van der Waals surface area contributed by atoms with Gasteiger partial charge in [0.25, 0.3) is 0 Å². The summed E-state index contributed by atoms with van der Waals surface area (Å²) in [6.07, 6.45) is 0. The van der Waals surface area contributed by atoms with Crippen LogP contribution in [0.1, 0.15) is 22.3 Å². The maximum absolute atomic E-state index is 5.38. The van der Waals surface area contributed by atoms with Crippen molar-refractivity contribution in [3.8, 4) is 67.3 Å². The van der Waals surface area contributed by atoms with Crippen molar-refractivity contribution in [1.29, 1.82) is 0 Å². The van der Waals surface area contributed by atoms with E-state index in [1.54, 1.807) is 0 Å². The maximum atomic E-state index is 5.38. The number of nitrogens with zero attached hydrogens (tertiary/aromatic N) is 2. The van der Waals surface area contributed by atoms with Crippen molar-refractivity contribution in [2.24, 2.45) is 0 Å². The normalized spacial score (nSPS) is 12.6. The minimum Gasteiger partial charge on any atom is -0.228 e. The average Bonchev–Trinajstić information content (AvgIpc) is 3.88. The summed E-state index contributed by atoms with van der Waals surface area (Å²) in [6, 6.07) is 83.5. The first-order valence-corrected chi connectivity index (χ1v) is 22.0. The SMILES string of the molecule is c1ccc(-c2cc(-c3ccc4sc5ccccc5c4c3)cc(-c3cc(-c4ccc5c(c4)C(c4ccccc4)(c4ccccc4)c4ccccc4-5)nc(-c4ccccc4)n3)c2)cc1. The molecule has 2 aromatic heterocycles. The Bertz CT molecular complexity index is 3410. The standard InChI is InChI=1S/C59H38N2S/c1-5-17-39(18-6-1)43-33-44(41-30-32-57-51(36-41)50-26-14-16-28-56(50)62-57)35-45(34-43)55-38-54(60-58(61-55)40-19-7-2-8-20-40)42-29-31-49-48-25-13-15-27-52(48)59(53(49)37-42,46-21-9-3-10-22-46)47-23-11-4-12-24-47/h1-38H. The molecule has 0 saturated carbocycles. The average molecular weight is 807 g/mol. The van der Waals surface area contributed by atoms with Crippen molar-refractivity contribution < 1.29 is 0 Å². The number of benzene rings is 9. The third kappa shape index (κ3) is 5.93. The maximum Gasteiger partial charge on any atom is 0.160 e. The highest BCUT2D eigenvalue weighted by Crippen LogP contribution is 2.56. The molecule has 0 atom stereocenters. The predicted octanol–water partition coefficient (Wildman–Crippen LogP) is 15.5. The van der Waals surface area contributed by atoms with Crippen LogP contribution in [-0.4, -0.2) is 9.97 Å². The van der Waals surface area contributed by atoms with Crippen LogP contribution in [0.25, 0.3) is 87.5 Å². The molecule has 0 saturated heterocycles. The quantitative estimate of drug-likeness (QED) is 0.160. The molecule has 0 bridgehead atoms. The molecule has 12 rings (SSSR count). The molecule has 62 heavy (non-hydrogen) atoms. The Morgan fingerprint density at radius 2 is 0.839 bits per heavy atom. The molecule has 3 heteroatoms. The summed E-state index contributed by atoms with van der Waals surface area (Å²) >= 11 is 1.85. The van der Waals surface area contributed by atoms with Crippen LogP contribution in [0.2, 0.25) is 0 Å². The van der Waals surface area contributed by atoms with Crippen LogP contribution in [-0.2, 0) is 5.41 Å². The second-order valence-corrected chi connectivity index (χ2v) is 17.2. The van der Waals surface area contributed by atoms with Crippen molar-refractivity contribution in [3.05, 3.63) is 253 Å². The highest BCUT2D eigenvalue weighted by Gasteiger charge is 2.46. The van der Waals surface area contributed by atoms with Crippen LogP contribution in [0, 0.1) is 0 Å². The summed E-state index contributed by atoms with van der Waals surface area (Å²) in [5.41, 5.74) is 16.4. The van der Waals surface area contributed by atoms with Crippen LogP contribution in [0.5, 0.6) is 0 Å². The smallest absolute Gasteiger partial charge is 0.160 e. The van der Waals surface area contributed by atoms with Gasteiger partial charge in [-0.15, -0.1) is 11.3 Å². The molecular weight excluding hydrogens is 769 g/mol. The predicted molar refractivity (Wildman–Crippen MR) is 259 cm³/mol. The minimum atomic E-state index is -0.517. The Morgan fingerprint density at radius 3 is 1.56 bits per heavy atom. The summed E-state index contributed by atoms with van der Waals surface area (Å²) < 4.78 is 2.60. The molecule has 0 aliphatic heterocycles. The number of hydrogen-bond donors (Lipinski definition) is 0. The van der Waals surface area contributed by atoms with Crippen LogP contribution >= 0.6 is 11.3 Å². The fourth-order valence-corrected chi connectivity index (χ4v) is 10.8. The Balaban J connectivity index is 1.08. The number of aromatic nitrogens is 2. The van der Waals surface area contributed by atoms with Gasteiger partial charge in [0.1, 0.15) is 0 Å². The second kappa shape index (κ2) is 14.8. The van der Waals surface area contributed by atoms with E-state index in [0.29, 0.717) is 5.82 Å². The van der Waals surface area contributed by atoms with Gasteiger partial charge in [0.15, 0.2) is 5.82 Å². The first kappa shape index (κ1) is 36.2. The Labute approximate surface area is 365 Å². The first-order chi connectivity index (χ1) is 30.7. The molecule has 2 nitrogen and oxygen atoms in total. The van der Waals surface area contributed by atoms with Crippen LogP contribution in [0.3, 0.4) is 0 Å². The lowest BCUT2D eigenvalue weighted by Crippen LogP contribution is -2.28. The van der Waals surface area contributed by atoms with Crippen molar-refractivity contribution in [2.75, 3.05) is 0 Å². The van der Waals surface area contributed by atoms with E-state index in [0.717, 1.165) is 44.8 Å². The molecule has 1 aliphatic carbocycles. The van der Waals surface area contributed by atoms with Gasteiger partial charge in [-0.05, 0) is 104 Å². The lowest BCUT2D eigenvalue weighted by Gasteiger charge is -2.34. The summed E-state index contributed by atoms with van der Waals surface area (Å²) in [6.45, 7) is 0. The summed E-state index contributed by atoms with van der Waals surface area (Å²) in [7, 11) is 0. The Hall–Kier alpha value is -7.72. The molecule has 290 valence electrons. The van der Waals surface area contributed by atoms with Gasteiger partial charge in [-0.1, -0.05) is 182 Å². The Kier molecular flexibility index (Phi) is 8.62. The highest BCUT2D eigenvalue weighted by atomic mass is 32.1. The highest BCUT2D eigenvalue weighted by molar-refractivity contribution is 7.25. The van der Waals surface area contributed by atoms with Gasteiger partial charge in [0, 0.05) is 36.9 Å². The molecular formula is C59H38N2S. The van der Waals surface area contributed by atoms with Gasteiger partial charge in [-0.3, -0.25) is 0 Å². The van der Waals surface area contributed by atoms with Gasteiger partial charge in [-0.2, -0.15) is 0 Å². The van der Waals surface area contributed by atoms with E-state index in [9.17, 15) is 0 Å². The van der Waals surface area contributed by atoms with E-state index in [1.807, 2.05) is 17.4 Å². The lowest BCUT2D eigenvalue weighted by molar-refractivity contribution is 0.768. The molecule has 0 N–H and O–H groups in total. The molecule has 0 unspecified atom stereocenters. The van der Waals surface area contributed by atoms with E-state index in [4.69, 9.17) is 9.97 Å². The fraction of sp³-hybridized carbons (Fsp3) is 0.0169. The molecule has 1 aliphatic rings. The molecule has 11 aromatic rings. The fourth-order valence-electron chi connectivity index (χ4n) is 9.71. The van der Waals surface area contributed by atoms with Gasteiger partial charge < -0.3 is 0 Å². The number of rotatable bonds is 7. The molecule has 0 fully saturated rings.